The van der Waals surface area contributed by atoms with E-state index >= 15 is 0 Å². The van der Waals surface area contributed by atoms with Crippen molar-refractivity contribution in [2.45, 2.75) is 84.0 Å². The highest BCUT2D eigenvalue weighted by Crippen LogP contribution is 2.37. The second-order valence-electron chi connectivity index (χ2n) is 15.9. The Labute approximate surface area is 341 Å². The fourth-order valence-corrected chi connectivity index (χ4v) is 8.50. The number of methoxy groups -OCH3 is 1. The molecule has 3 aromatic carbocycles. The summed E-state index contributed by atoms with van der Waals surface area (Å²) in [5.41, 5.74) is 5.89. The molecule has 4 atom stereocenters. The molecule has 0 bridgehead atoms. The van der Waals surface area contributed by atoms with Crippen LogP contribution in [0, 0.1) is 5.92 Å². The van der Waals surface area contributed by atoms with Gasteiger partial charge in [0, 0.05) is 13.1 Å². The highest BCUT2D eigenvalue weighted by molar-refractivity contribution is 5.90. The van der Waals surface area contributed by atoms with Crippen LogP contribution in [-0.4, -0.2) is 91.4 Å². The van der Waals surface area contributed by atoms with E-state index in [4.69, 9.17) is 14.7 Å². The number of hydrogen-bond donors (Lipinski definition) is 3. The van der Waals surface area contributed by atoms with E-state index < -0.39 is 11.6 Å². The molecule has 12 heteroatoms. The summed E-state index contributed by atoms with van der Waals surface area (Å²) in [7, 11) is 1.30. The van der Waals surface area contributed by atoms with Gasteiger partial charge in [0.05, 0.1) is 43.0 Å². The number of aromatic amines is 2. The van der Waals surface area contributed by atoms with Gasteiger partial charge in [0.2, 0.25) is 11.8 Å². The molecule has 304 valence electrons. The SMILES string of the molecule is CCN(CC)[C@@H](C(=O)N1CCC[C@H]1c1ncc(-c2ccc(-c3ccc(-c4cnc([C@@H]5CCCN5C(=O)[C@@](C)(NC(=O)OC)C(C)C)[nH]4)cc3)cc2)[nH]1)c1ccccc1. The Morgan fingerprint density at radius 1 is 0.776 bits per heavy atom. The minimum Gasteiger partial charge on any atom is -0.453 e. The largest absolute Gasteiger partial charge is 0.453 e. The van der Waals surface area contributed by atoms with Crippen LogP contribution in [0.25, 0.3) is 33.6 Å². The Morgan fingerprint density at radius 2 is 1.26 bits per heavy atom. The van der Waals surface area contributed by atoms with E-state index in [2.05, 4.69) is 94.7 Å². The molecule has 58 heavy (non-hydrogen) atoms. The monoisotopic (exact) mass is 784 g/mol. The van der Waals surface area contributed by atoms with E-state index in [-0.39, 0.29) is 35.9 Å². The Bertz CT molecular complexity index is 2180. The number of benzene rings is 3. The van der Waals surface area contributed by atoms with Crippen LogP contribution in [0.5, 0.6) is 0 Å². The number of likely N-dealkylation sites (tertiary alicyclic amines) is 2. The number of hydrogen-bond acceptors (Lipinski definition) is 7. The standard InChI is InChI=1S/C46H56N8O4/c1-7-52(8-2)40(35-14-10-9-11-15-35)43(55)53-26-12-16-38(53)41-47-28-36(49-41)33-22-18-31(19-23-33)32-20-24-34(25-21-32)37-29-48-42(50-37)39-17-13-27-54(39)44(56)46(5,30(3)4)51-45(57)58-6/h9-11,14-15,18-25,28-30,38-40H,7-8,12-13,16-17,26-27H2,1-6H3,(H,47,49)(H,48,50)(H,51,57)/t38-,39-,40+,46-/m0/s1. The lowest BCUT2D eigenvalue weighted by Crippen LogP contribution is -2.60. The number of rotatable bonds is 13. The van der Waals surface area contributed by atoms with Gasteiger partial charge >= 0.3 is 6.09 Å². The molecule has 12 nitrogen and oxygen atoms in total. The molecule has 2 aliphatic rings. The molecule has 0 spiro atoms. The third kappa shape index (κ3) is 8.02. The van der Waals surface area contributed by atoms with Crippen molar-refractivity contribution in [2.75, 3.05) is 33.3 Å². The smallest absolute Gasteiger partial charge is 0.407 e. The van der Waals surface area contributed by atoms with Crippen molar-refractivity contribution in [3.63, 3.8) is 0 Å². The first-order valence-corrected chi connectivity index (χ1v) is 20.6. The maximum Gasteiger partial charge on any atom is 0.407 e. The van der Waals surface area contributed by atoms with Crippen molar-refractivity contribution in [1.29, 1.82) is 0 Å². The van der Waals surface area contributed by atoms with Crippen molar-refractivity contribution in [3.8, 4) is 33.6 Å². The minimum atomic E-state index is -1.11. The topological polar surface area (TPSA) is 140 Å². The predicted molar refractivity (Wildman–Crippen MR) is 225 cm³/mol. The molecule has 4 heterocycles. The molecular formula is C46H56N8O4. The van der Waals surface area contributed by atoms with Crippen molar-refractivity contribution in [2.24, 2.45) is 5.92 Å². The molecule has 2 saturated heterocycles. The molecular weight excluding hydrogens is 729 g/mol. The van der Waals surface area contributed by atoms with E-state index in [1.165, 1.54) is 7.11 Å². The molecule has 2 aromatic heterocycles. The summed E-state index contributed by atoms with van der Waals surface area (Å²) in [6.07, 6.45) is 6.51. The van der Waals surface area contributed by atoms with E-state index in [0.29, 0.717) is 6.54 Å². The maximum absolute atomic E-state index is 14.2. The second kappa shape index (κ2) is 17.4. The van der Waals surface area contributed by atoms with Gasteiger partial charge in [-0.15, -0.1) is 0 Å². The highest BCUT2D eigenvalue weighted by Gasteiger charge is 2.45. The fourth-order valence-electron chi connectivity index (χ4n) is 8.50. The van der Waals surface area contributed by atoms with Crippen LogP contribution in [0.15, 0.2) is 91.3 Å². The Balaban J connectivity index is 1.02. The average molecular weight is 785 g/mol. The number of nitrogens with one attached hydrogen (secondary N) is 3. The zero-order chi connectivity index (χ0) is 41.0. The van der Waals surface area contributed by atoms with Gasteiger partial charge < -0.3 is 29.8 Å². The van der Waals surface area contributed by atoms with Crippen molar-refractivity contribution < 1.29 is 19.1 Å². The summed E-state index contributed by atoms with van der Waals surface area (Å²) in [5, 5.41) is 2.78. The van der Waals surface area contributed by atoms with Gasteiger partial charge in [0.15, 0.2) is 0 Å². The first-order chi connectivity index (χ1) is 28.1. The predicted octanol–water partition coefficient (Wildman–Crippen LogP) is 8.31. The first-order valence-electron chi connectivity index (χ1n) is 20.6. The molecule has 7 rings (SSSR count). The number of aromatic nitrogens is 4. The molecule has 2 aliphatic heterocycles. The van der Waals surface area contributed by atoms with Gasteiger partial charge in [-0.3, -0.25) is 14.5 Å². The third-order valence-corrected chi connectivity index (χ3v) is 12.3. The maximum atomic E-state index is 14.2. The number of amides is 3. The lowest BCUT2D eigenvalue weighted by atomic mass is 9.86. The van der Waals surface area contributed by atoms with E-state index in [1.54, 1.807) is 6.92 Å². The zero-order valence-electron chi connectivity index (χ0n) is 34.5. The van der Waals surface area contributed by atoms with Gasteiger partial charge in [-0.2, -0.15) is 0 Å². The number of nitrogens with zero attached hydrogens (tertiary/aromatic N) is 5. The zero-order valence-corrected chi connectivity index (χ0v) is 34.5. The van der Waals surface area contributed by atoms with E-state index in [1.807, 2.05) is 54.2 Å². The highest BCUT2D eigenvalue weighted by atomic mass is 16.5. The number of likely N-dealkylation sites (N-methyl/N-ethyl adjacent to an activating group) is 1. The summed E-state index contributed by atoms with van der Waals surface area (Å²) < 4.78 is 4.83. The number of ether oxygens (including phenoxy) is 1. The van der Waals surface area contributed by atoms with Crippen molar-refractivity contribution in [3.05, 3.63) is 108 Å². The Hall–Kier alpha value is -5.75. The van der Waals surface area contributed by atoms with Crippen LogP contribution < -0.4 is 5.32 Å². The van der Waals surface area contributed by atoms with Crippen LogP contribution in [0.3, 0.4) is 0 Å². The number of alkyl carbamates (subject to hydrolysis) is 1. The van der Waals surface area contributed by atoms with Crippen LogP contribution in [0.2, 0.25) is 0 Å². The normalized spacial score (nSPS) is 18.4. The summed E-state index contributed by atoms with van der Waals surface area (Å²) in [6.45, 7) is 12.7. The lowest BCUT2D eigenvalue weighted by molar-refractivity contribution is -0.140. The summed E-state index contributed by atoms with van der Waals surface area (Å²) in [4.78, 5) is 62.9. The molecule has 3 amide bonds. The van der Waals surface area contributed by atoms with Gasteiger partial charge in [0.1, 0.15) is 23.2 Å². The van der Waals surface area contributed by atoms with E-state index in [0.717, 1.165) is 96.2 Å². The number of carbonyl (C=O) groups is 3. The number of H-pyrrole nitrogens is 2. The molecule has 2 fully saturated rings. The minimum absolute atomic E-state index is 0.0950. The molecule has 0 aliphatic carbocycles. The van der Waals surface area contributed by atoms with Crippen LogP contribution in [-0.2, 0) is 14.3 Å². The first kappa shape index (κ1) is 40.4. The fraction of sp³-hybridized carbons (Fsp3) is 0.413. The van der Waals surface area contributed by atoms with Crippen molar-refractivity contribution >= 4 is 17.9 Å². The Morgan fingerprint density at radius 3 is 1.74 bits per heavy atom. The molecule has 0 radical (unpaired) electrons. The van der Waals surface area contributed by atoms with Gasteiger partial charge in [-0.05, 0) is 79.4 Å². The quantitative estimate of drug-likeness (QED) is 0.109. The summed E-state index contributed by atoms with van der Waals surface area (Å²) in [5.74, 6) is 1.39. The van der Waals surface area contributed by atoms with Crippen LogP contribution >= 0.6 is 0 Å². The van der Waals surface area contributed by atoms with Gasteiger partial charge in [0.25, 0.3) is 0 Å². The van der Waals surface area contributed by atoms with Gasteiger partial charge in [-0.1, -0.05) is 107 Å². The van der Waals surface area contributed by atoms with Crippen molar-refractivity contribution in [1.82, 2.24) is 40.0 Å². The van der Waals surface area contributed by atoms with Crippen LogP contribution in [0.4, 0.5) is 4.79 Å². The molecule has 0 unspecified atom stereocenters. The molecule has 5 aromatic rings. The summed E-state index contributed by atoms with van der Waals surface area (Å²) in [6, 6.07) is 26.3. The molecule has 3 N–H and O–H groups in total. The number of carbonyl (C=O) groups excluding carboxylic acids is 3. The lowest BCUT2D eigenvalue weighted by Gasteiger charge is -2.37. The Kier molecular flexibility index (Phi) is 12.1. The second-order valence-corrected chi connectivity index (χ2v) is 15.9. The van der Waals surface area contributed by atoms with E-state index in [9.17, 15) is 14.4 Å². The van der Waals surface area contributed by atoms with Gasteiger partial charge in [-0.25, -0.2) is 14.8 Å². The summed E-state index contributed by atoms with van der Waals surface area (Å²) >= 11 is 0. The number of imidazole rings is 2. The van der Waals surface area contributed by atoms with Crippen LogP contribution in [0.1, 0.15) is 95.6 Å². The molecule has 0 saturated carbocycles. The average Bonchev–Trinajstić information content (AvgIpc) is 4.10. The third-order valence-electron chi connectivity index (χ3n) is 12.3.